The Morgan fingerprint density at radius 2 is 1.70 bits per heavy atom. The number of nitrogens with zero attached hydrogens (tertiary/aromatic N) is 3. The highest BCUT2D eigenvalue weighted by Crippen LogP contribution is 2.18. The predicted octanol–water partition coefficient (Wildman–Crippen LogP) is 3.63. The Bertz CT molecular complexity index is 532. The van der Waals surface area contributed by atoms with Crippen molar-refractivity contribution in [2.75, 3.05) is 23.3 Å². The number of rotatable bonds is 6. The van der Waals surface area contributed by atoms with E-state index in [0.717, 1.165) is 36.8 Å². The zero-order valence-corrected chi connectivity index (χ0v) is 12.4. The lowest BCUT2D eigenvalue weighted by atomic mass is 10.1. The summed E-state index contributed by atoms with van der Waals surface area (Å²) in [5.74, 6) is 1.78. The molecule has 0 fully saturated rings. The van der Waals surface area contributed by atoms with Gasteiger partial charge in [0.1, 0.15) is 18.0 Å². The van der Waals surface area contributed by atoms with E-state index in [0.29, 0.717) is 0 Å². The van der Waals surface area contributed by atoms with Crippen molar-refractivity contribution in [2.45, 2.75) is 27.2 Å². The third-order valence-corrected chi connectivity index (χ3v) is 3.37. The smallest absolute Gasteiger partial charge is 0.135 e. The Labute approximate surface area is 120 Å². The molecule has 1 aromatic heterocycles. The molecule has 4 nitrogen and oxygen atoms in total. The van der Waals surface area contributed by atoms with E-state index in [4.69, 9.17) is 0 Å². The van der Waals surface area contributed by atoms with Gasteiger partial charge >= 0.3 is 0 Å². The van der Waals surface area contributed by atoms with E-state index in [1.54, 1.807) is 6.33 Å². The first-order valence-electron chi connectivity index (χ1n) is 7.19. The molecule has 0 saturated carbocycles. The second-order valence-corrected chi connectivity index (χ2v) is 4.61. The van der Waals surface area contributed by atoms with Crippen molar-refractivity contribution < 1.29 is 0 Å². The molecule has 0 unspecified atom stereocenters. The number of hydrogen-bond donors (Lipinski definition) is 1. The van der Waals surface area contributed by atoms with Gasteiger partial charge in [-0.05, 0) is 38.0 Å². The molecule has 0 bridgehead atoms. The Balaban J connectivity index is 2.14. The first kappa shape index (κ1) is 14.3. The van der Waals surface area contributed by atoms with Crippen molar-refractivity contribution in [1.29, 1.82) is 0 Å². The second kappa shape index (κ2) is 6.89. The van der Waals surface area contributed by atoms with Crippen LogP contribution in [0.3, 0.4) is 0 Å². The molecular weight excluding hydrogens is 248 g/mol. The van der Waals surface area contributed by atoms with Gasteiger partial charge in [-0.2, -0.15) is 0 Å². The summed E-state index contributed by atoms with van der Waals surface area (Å²) >= 11 is 0. The van der Waals surface area contributed by atoms with Crippen LogP contribution < -0.4 is 10.2 Å². The van der Waals surface area contributed by atoms with Crippen LogP contribution in [0, 0.1) is 0 Å². The minimum Gasteiger partial charge on any atom is -0.357 e. The van der Waals surface area contributed by atoms with Crippen molar-refractivity contribution in [3.8, 4) is 0 Å². The fourth-order valence-corrected chi connectivity index (χ4v) is 2.11. The normalized spacial score (nSPS) is 10.3. The van der Waals surface area contributed by atoms with Gasteiger partial charge in [-0.1, -0.05) is 19.1 Å². The van der Waals surface area contributed by atoms with E-state index in [9.17, 15) is 0 Å². The van der Waals surface area contributed by atoms with E-state index < -0.39 is 0 Å². The highest BCUT2D eigenvalue weighted by molar-refractivity contribution is 5.59. The molecule has 0 spiro atoms. The average molecular weight is 270 g/mol. The third-order valence-electron chi connectivity index (χ3n) is 3.37. The molecule has 0 aliphatic carbocycles. The summed E-state index contributed by atoms with van der Waals surface area (Å²) in [7, 11) is 0. The summed E-state index contributed by atoms with van der Waals surface area (Å²) < 4.78 is 0. The fraction of sp³-hybridized carbons (Fsp3) is 0.375. The summed E-state index contributed by atoms with van der Waals surface area (Å²) in [6.45, 7) is 8.30. The van der Waals surface area contributed by atoms with Gasteiger partial charge in [0, 0.05) is 24.8 Å². The molecule has 0 atom stereocenters. The molecule has 20 heavy (non-hydrogen) atoms. The van der Waals surface area contributed by atoms with Crippen molar-refractivity contribution >= 4 is 17.3 Å². The van der Waals surface area contributed by atoms with Crippen LogP contribution in [0.5, 0.6) is 0 Å². The van der Waals surface area contributed by atoms with Gasteiger partial charge < -0.3 is 10.2 Å². The lowest BCUT2D eigenvalue weighted by Gasteiger charge is -2.19. The maximum atomic E-state index is 4.33. The van der Waals surface area contributed by atoms with Crippen LogP contribution in [0.15, 0.2) is 36.7 Å². The molecule has 2 rings (SSSR count). The van der Waals surface area contributed by atoms with Gasteiger partial charge in [0.2, 0.25) is 0 Å². The van der Waals surface area contributed by atoms with Crippen molar-refractivity contribution in [1.82, 2.24) is 9.97 Å². The van der Waals surface area contributed by atoms with Crippen LogP contribution in [0.1, 0.15) is 26.3 Å². The van der Waals surface area contributed by atoms with Crippen molar-refractivity contribution in [3.63, 3.8) is 0 Å². The third kappa shape index (κ3) is 3.47. The summed E-state index contributed by atoms with van der Waals surface area (Å²) in [5, 5.41) is 3.32. The number of anilines is 3. The van der Waals surface area contributed by atoms with Crippen LogP contribution >= 0.6 is 0 Å². The number of benzene rings is 1. The van der Waals surface area contributed by atoms with Gasteiger partial charge in [0.15, 0.2) is 0 Å². The van der Waals surface area contributed by atoms with E-state index >= 15 is 0 Å². The number of nitrogens with one attached hydrogen (secondary N) is 1. The van der Waals surface area contributed by atoms with Crippen LogP contribution in [0.2, 0.25) is 0 Å². The minimum atomic E-state index is 0.825. The van der Waals surface area contributed by atoms with E-state index in [1.807, 2.05) is 6.07 Å². The maximum absolute atomic E-state index is 4.33. The molecule has 4 heteroatoms. The van der Waals surface area contributed by atoms with E-state index in [1.165, 1.54) is 5.56 Å². The maximum Gasteiger partial charge on any atom is 0.135 e. The van der Waals surface area contributed by atoms with Crippen LogP contribution in [-0.2, 0) is 6.42 Å². The summed E-state index contributed by atoms with van der Waals surface area (Å²) in [6.07, 6.45) is 2.66. The van der Waals surface area contributed by atoms with E-state index in [-0.39, 0.29) is 0 Å². The van der Waals surface area contributed by atoms with Gasteiger partial charge in [-0.15, -0.1) is 0 Å². The molecule has 106 valence electrons. The Hall–Kier alpha value is -2.10. The van der Waals surface area contributed by atoms with Crippen LogP contribution in [0.4, 0.5) is 17.3 Å². The predicted molar refractivity (Wildman–Crippen MR) is 84.7 cm³/mol. The van der Waals surface area contributed by atoms with Crippen LogP contribution in [-0.4, -0.2) is 23.1 Å². The topological polar surface area (TPSA) is 41.0 Å². The summed E-state index contributed by atoms with van der Waals surface area (Å²) in [5.41, 5.74) is 2.38. The Morgan fingerprint density at radius 3 is 2.30 bits per heavy atom. The fourth-order valence-electron chi connectivity index (χ4n) is 2.11. The molecule has 1 aromatic carbocycles. The van der Waals surface area contributed by atoms with Gasteiger partial charge in [0.05, 0.1) is 0 Å². The zero-order valence-electron chi connectivity index (χ0n) is 12.4. The Kier molecular flexibility index (Phi) is 4.93. The molecule has 0 aliphatic rings. The highest BCUT2D eigenvalue weighted by Gasteiger charge is 2.05. The summed E-state index contributed by atoms with van der Waals surface area (Å²) in [6, 6.07) is 10.4. The van der Waals surface area contributed by atoms with Gasteiger partial charge in [-0.3, -0.25) is 0 Å². The molecule has 0 aliphatic heterocycles. The SMILES string of the molecule is CCc1ccc(Nc2cc(N(CC)CC)ncn2)cc1. The zero-order chi connectivity index (χ0) is 14.4. The number of aromatic nitrogens is 2. The number of hydrogen-bond acceptors (Lipinski definition) is 4. The first-order chi connectivity index (χ1) is 9.76. The molecule has 1 N–H and O–H groups in total. The monoisotopic (exact) mass is 270 g/mol. The van der Waals surface area contributed by atoms with Gasteiger partial charge in [-0.25, -0.2) is 9.97 Å². The molecular formula is C16H22N4. The van der Waals surface area contributed by atoms with E-state index in [2.05, 4.69) is 65.2 Å². The first-order valence-corrected chi connectivity index (χ1v) is 7.19. The minimum absolute atomic E-state index is 0.825. The quantitative estimate of drug-likeness (QED) is 0.870. The average Bonchev–Trinajstić information content (AvgIpc) is 2.50. The Morgan fingerprint density at radius 1 is 1.00 bits per heavy atom. The largest absolute Gasteiger partial charge is 0.357 e. The molecule has 2 aromatic rings. The van der Waals surface area contributed by atoms with Crippen LogP contribution in [0.25, 0.3) is 0 Å². The standard InChI is InChI=1S/C16H22N4/c1-4-13-7-9-14(10-8-13)19-15-11-16(18-12-17-15)20(5-2)6-3/h7-12H,4-6H2,1-3H3,(H,17,18,19). The lowest BCUT2D eigenvalue weighted by Crippen LogP contribution is -2.23. The second-order valence-electron chi connectivity index (χ2n) is 4.61. The molecule has 0 saturated heterocycles. The molecule has 1 heterocycles. The summed E-state index contributed by atoms with van der Waals surface area (Å²) in [4.78, 5) is 10.8. The molecule has 0 amide bonds. The lowest BCUT2D eigenvalue weighted by molar-refractivity contribution is 0.842. The van der Waals surface area contributed by atoms with Crippen molar-refractivity contribution in [2.24, 2.45) is 0 Å². The van der Waals surface area contributed by atoms with Gasteiger partial charge in [0.25, 0.3) is 0 Å². The van der Waals surface area contributed by atoms with Crippen molar-refractivity contribution in [3.05, 3.63) is 42.2 Å². The molecule has 0 radical (unpaired) electrons. The number of aryl methyl sites for hydroxylation is 1. The highest BCUT2D eigenvalue weighted by atomic mass is 15.2.